The standard InChI is InChI=1S/C19H30N2/c1-2-16-8-6-11-18(14-16)21-13-7-12-20-19(15-21)17-9-4-3-5-10-17/h3-5,9-10,16,18-20H,2,6-8,11-15H2,1H3. The highest BCUT2D eigenvalue weighted by Crippen LogP contribution is 2.31. The minimum absolute atomic E-state index is 0.510. The van der Waals surface area contributed by atoms with Crippen LogP contribution in [0.2, 0.25) is 0 Å². The average molecular weight is 286 g/mol. The zero-order valence-electron chi connectivity index (χ0n) is 13.4. The third kappa shape index (κ3) is 3.87. The maximum absolute atomic E-state index is 3.75. The van der Waals surface area contributed by atoms with Gasteiger partial charge in [-0.05, 0) is 43.8 Å². The van der Waals surface area contributed by atoms with E-state index in [9.17, 15) is 0 Å². The zero-order chi connectivity index (χ0) is 14.5. The monoisotopic (exact) mass is 286 g/mol. The molecule has 2 aliphatic rings. The molecule has 0 amide bonds. The van der Waals surface area contributed by atoms with Crippen LogP contribution in [0.5, 0.6) is 0 Å². The molecule has 1 aromatic carbocycles. The van der Waals surface area contributed by atoms with Gasteiger partial charge in [0.25, 0.3) is 0 Å². The van der Waals surface area contributed by atoms with Gasteiger partial charge in [-0.15, -0.1) is 0 Å². The van der Waals surface area contributed by atoms with Crippen molar-refractivity contribution in [3.8, 4) is 0 Å². The number of rotatable bonds is 3. The Labute approximate surface area is 129 Å². The highest BCUT2D eigenvalue weighted by Gasteiger charge is 2.28. The second-order valence-corrected chi connectivity index (χ2v) is 6.86. The Hall–Kier alpha value is -0.860. The largest absolute Gasteiger partial charge is 0.309 e. The molecule has 3 unspecified atom stereocenters. The summed E-state index contributed by atoms with van der Waals surface area (Å²) in [6.45, 7) is 5.98. The molecule has 0 radical (unpaired) electrons. The molecule has 0 bridgehead atoms. The summed E-state index contributed by atoms with van der Waals surface area (Å²) in [6.07, 6.45) is 8.39. The minimum Gasteiger partial charge on any atom is -0.309 e. The molecule has 3 atom stereocenters. The Morgan fingerprint density at radius 3 is 2.81 bits per heavy atom. The topological polar surface area (TPSA) is 15.3 Å². The molecule has 116 valence electrons. The summed E-state index contributed by atoms with van der Waals surface area (Å²) in [5.74, 6) is 0.968. The van der Waals surface area contributed by atoms with Crippen LogP contribution in [0.25, 0.3) is 0 Å². The summed E-state index contributed by atoms with van der Waals surface area (Å²) >= 11 is 0. The predicted molar refractivity (Wildman–Crippen MR) is 89.4 cm³/mol. The molecule has 1 saturated heterocycles. The van der Waals surface area contributed by atoms with Crippen LogP contribution < -0.4 is 5.32 Å². The fourth-order valence-electron chi connectivity index (χ4n) is 4.15. The van der Waals surface area contributed by atoms with E-state index in [4.69, 9.17) is 0 Å². The van der Waals surface area contributed by atoms with Crippen LogP contribution in [0.15, 0.2) is 30.3 Å². The van der Waals surface area contributed by atoms with E-state index >= 15 is 0 Å². The Kier molecular flexibility index (Phi) is 5.32. The summed E-state index contributed by atoms with van der Waals surface area (Å²) in [6, 6.07) is 12.3. The van der Waals surface area contributed by atoms with E-state index in [0.29, 0.717) is 6.04 Å². The van der Waals surface area contributed by atoms with Crippen molar-refractivity contribution in [2.75, 3.05) is 19.6 Å². The van der Waals surface area contributed by atoms with Crippen molar-refractivity contribution in [2.24, 2.45) is 5.92 Å². The molecule has 1 aliphatic heterocycles. The van der Waals surface area contributed by atoms with Crippen molar-refractivity contribution < 1.29 is 0 Å². The SMILES string of the molecule is CCC1CCCC(N2CCCNC(c3ccccc3)C2)C1. The molecule has 2 fully saturated rings. The average Bonchev–Trinajstić information content (AvgIpc) is 2.82. The Morgan fingerprint density at radius 1 is 1.14 bits per heavy atom. The summed E-state index contributed by atoms with van der Waals surface area (Å²) in [5.41, 5.74) is 1.45. The molecule has 2 nitrogen and oxygen atoms in total. The smallest absolute Gasteiger partial charge is 0.0449 e. The summed E-state index contributed by atoms with van der Waals surface area (Å²) in [5, 5.41) is 3.75. The van der Waals surface area contributed by atoms with E-state index in [1.807, 2.05) is 0 Å². The van der Waals surface area contributed by atoms with Crippen LogP contribution in [0, 0.1) is 5.92 Å². The van der Waals surface area contributed by atoms with Crippen molar-refractivity contribution >= 4 is 0 Å². The predicted octanol–water partition coefficient (Wildman–Crippen LogP) is 3.99. The van der Waals surface area contributed by atoms with Crippen LogP contribution >= 0.6 is 0 Å². The van der Waals surface area contributed by atoms with Crippen LogP contribution in [-0.2, 0) is 0 Å². The molecular weight excluding hydrogens is 256 g/mol. The number of hydrogen-bond acceptors (Lipinski definition) is 2. The van der Waals surface area contributed by atoms with Gasteiger partial charge in [-0.1, -0.05) is 56.5 Å². The van der Waals surface area contributed by atoms with Gasteiger partial charge in [0.1, 0.15) is 0 Å². The molecular formula is C19H30N2. The quantitative estimate of drug-likeness (QED) is 0.904. The third-order valence-corrected chi connectivity index (χ3v) is 5.48. The van der Waals surface area contributed by atoms with E-state index in [-0.39, 0.29) is 0 Å². The van der Waals surface area contributed by atoms with Gasteiger partial charge >= 0.3 is 0 Å². The number of nitrogens with one attached hydrogen (secondary N) is 1. The molecule has 1 aromatic rings. The Balaban J connectivity index is 1.67. The molecule has 0 spiro atoms. The first kappa shape index (κ1) is 15.1. The van der Waals surface area contributed by atoms with Crippen molar-refractivity contribution in [1.82, 2.24) is 10.2 Å². The Bertz CT molecular complexity index is 417. The van der Waals surface area contributed by atoms with E-state index < -0.39 is 0 Å². The Morgan fingerprint density at radius 2 is 2.00 bits per heavy atom. The van der Waals surface area contributed by atoms with Crippen molar-refractivity contribution in [3.63, 3.8) is 0 Å². The van der Waals surface area contributed by atoms with E-state index in [0.717, 1.165) is 18.5 Å². The van der Waals surface area contributed by atoms with Gasteiger partial charge in [-0.25, -0.2) is 0 Å². The fraction of sp³-hybridized carbons (Fsp3) is 0.684. The first-order valence-electron chi connectivity index (χ1n) is 8.89. The maximum atomic E-state index is 3.75. The third-order valence-electron chi connectivity index (χ3n) is 5.48. The maximum Gasteiger partial charge on any atom is 0.0449 e. The first-order chi connectivity index (χ1) is 10.4. The zero-order valence-corrected chi connectivity index (χ0v) is 13.4. The van der Waals surface area contributed by atoms with Gasteiger partial charge in [0.2, 0.25) is 0 Å². The van der Waals surface area contributed by atoms with Crippen molar-refractivity contribution in [3.05, 3.63) is 35.9 Å². The highest BCUT2D eigenvalue weighted by molar-refractivity contribution is 5.19. The summed E-state index contributed by atoms with van der Waals surface area (Å²) in [4.78, 5) is 2.79. The summed E-state index contributed by atoms with van der Waals surface area (Å²) < 4.78 is 0. The second kappa shape index (κ2) is 7.42. The number of hydrogen-bond donors (Lipinski definition) is 1. The molecule has 1 heterocycles. The van der Waals surface area contributed by atoms with E-state index in [1.165, 1.54) is 57.2 Å². The van der Waals surface area contributed by atoms with Crippen LogP contribution in [0.4, 0.5) is 0 Å². The lowest BCUT2D eigenvalue weighted by molar-refractivity contribution is 0.126. The number of nitrogens with zero attached hydrogens (tertiary/aromatic N) is 1. The van der Waals surface area contributed by atoms with Crippen molar-refractivity contribution in [2.45, 2.75) is 57.5 Å². The number of benzene rings is 1. The fourth-order valence-corrected chi connectivity index (χ4v) is 4.15. The van der Waals surface area contributed by atoms with Gasteiger partial charge in [-0.3, -0.25) is 4.90 Å². The molecule has 0 aromatic heterocycles. The first-order valence-corrected chi connectivity index (χ1v) is 8.89. The van der Waals surface area contributed by atoms with E-state index in [1.54, 1.807) is 0 Å². The lowest BCUT2D eigenvalue weighted by Crippen LogP contribution is -2.41. The molecule has 1 saturated carbocycles. The molecule has 2 heteroatoms. The van der Waals surface area contributed by atoms with Crippen LogP contribution in [0.3, 0.4) is 0 Å². The molecule has 3 rings (SSSR count). The van der Waals surface area contributed by atoms with Gasteiger partial charge in [0.05, 0.1) is 0 Å². The molecule has 21 heavy (non-hydrogen) atoms. The second-order valence-electron chi connectivity index (χ2n) is 6.86. The summed E-state index contributed by atoms with van der Waals surface area (Å²) in [7, 11) is 0. The molecule has 1 aliphatic carbocycles. The lowest BCUT2D eigenvalue weighted by atomic mass is 9.83. The van der Waals surface area contributed by atoms with Crippen LogP contribution in [0.1, 0.15) is 57.1 Å². The van der Waals surface area contributed by atoms with Gasteiger partial charge < -0.3 is 5.32 Å². The molecule has 1 N–H and O–H groups in total. The highest BCUT2D eigenvalue weighted by atomic mass is 15.2. The lowest BCUT2D eigenvalue weighted by Gasteiger charge is -2.38. The minimum atomic E-state index is 0.510. The van der Waals surface area contributed by atoms with Gasteiger partial charge in [0, 0.05) is 18.6 Å². The van der Waals surface area contributed by atoms with Crippen LogP contribution in [-0.4, -0.2) is 30.6 Å². The van der Waals surface area contributed by atoms with Gasteiger partial charge in [-0.2, -0.15) is 0 Å². The van der Waals surface area contributed by atoms with Gasteiger partial charge in [0.15, 0.2) is 0 Å². The van der Waals surface area contributed by atoms with Crippen molar-refractivity contribution in [1.29, 1.82) is 0 Å². The normalized spacial score (nSPS) is 31.8. The van der Waals surface area contributed by atoms with E-state index in [2.05, 4.69) is 47.5 Å².